The van der Waals surface area contributed by atoms with Gasteiger partial charge in [0, 0.05) is 0 Å². The molecule has 2 atom stereocenters. The topological polar surface area (TPSA) is 90.5 Å². The Morgan fingerprint density at radius 2 is 1.71 bits per heavy atom. The van der Waals surface area contributed by atoms with Crippen LogP contribution in [0, 0.1) is 17.5 Å². The maximum atomic E-state index is 13.4. The summed E-state index contributed by atoms with van der Waals surface area (Å²) in [5.74, 6) is -5.39. The van der Waals surface area contributed by atoms with E-state index in [2.05, 4.69) is 10.6 Å². The summed E-state index contributed by atoms with van der Waals surface area (Å²) in [6.45, 7) is 0.703. The Balaban J connectivity index is 1.83. The van der Waals surface area contributed by atoms with Crippen LogP contribution in [0.25, 0.3) is 11.1 Å². The van der Waals surface area contributed by atoms with Gasteiger partial charge in [0.25, 0.3) is 5.91 Å². The van der Waals surface area contributed by atoms with Crippen LogP contribution >= 0.6 is 0 Å². The molecule has 2 unspecified atom stereocenters. The van der Waals surface area contributed by atoms with Crippen LogP contribution in [-0.4, -0.2) is 29.6 Å². The number of carbonyl (C=O) groups excluding carboxylic acids is 2. The third-order valence-corrected chi connectivity index (χ3v) is 4.60. The molecule has 28 heavy (non-hydrogen) atoms. The summed E-state index contributed by atoms with van der Waals surface area (Å²) in [7, 11) is 0. The van der Waals surface area contributed by atoms with Crippen LogP contribution in [0.2, 0.25) is 0 Å². The molecule has 1 saturated heterocycles. The molecule has 4 N–H and O–H groups in total. The molecule has 3 rings (SSSR count). The lowest BCUT2D eigenvalue weighted by molar-refractivity contribution is -0.135. The van der Waals surface area contributed by atoms with Crippen molar-refractivity contribution >= 4 is 11.8 Å². The Labute approximate surface area is 158 Å². The monoisotopic (exact) mass is 393 g/mol. The molecular weight excluding hydrogens is 375 g/mol. The number of hydrogen-bond acceptors (Lipinski definition) is 4. The zero-order valence-electron chi connectivity index (χ0n) is 14.6. The molecule has 1 aliphatic heterocycles. The van der Waals surface area contributed by atoms with Crippen LogP contribution in [0.4, 0.5) is 13.2 Å². The van der Waals surface area contributed by atoms with Crippen molar-refractivity contribution in [2.45, 2.75) is 24.9 Å². The first kappa shape index (κ1) is 19.8. The highest BCUT2D eigenvalue weighted by atomic mass is 19.2. The minimum Gasteiger partial charge on any atom is -0.339 e. The fourth-order valence-electron chi connectivity index (χ4n) is 3.11. The maximum absolute atomic E-state index is 13.4. The van der Waals surface area contributed by atoms with Gasteiger partial charge in [0.1, 0.15) is 6.04 Å². The highest BCUT2D eigenvalue weighted by Crippen LogP contribution is 2.25. The lowest BCUT2D eigenvalue weighted by Gasteiger charge is -2.20. The van der Waals surface area contributed by atoms with Crippen LogP contribution < -0.4 is 16.1 Å². The molecule has 1 aliphatic rings. The summed E-state index contributed by atoms with van der Waals surface area (Å²) >= 11 is 0. The largest absolute Gasteiger partial charge is 0.339 e. The summed E-state index contributed by atoms with van der Waals surface area (Å²) in [6.07, 6.45) is 1.48. The molecule has 9 heteroatoms. The van der Waals surface area contributed by atoms with Gasteiger partial charge >= 0.3 is 0 Å². The number of halogens is 3. The SMILES string of the molecule is O=C(NC(C(=O)NO)c1ccc(-c2cc(F)c(F)c(F)c2)cc1)C1CCCN1. The third kappa shape index (κ3) is 4.15. The predicted molar refractivity (Wildman–Crippen MR) is 93.6 cm³/mol. The van der Waals surface area contributed by atoms with Crippen molar-refractivity contribution in [1.82, 2.24) is 16.1 Å². The number of amides is 2. The van der Waals surface area contributed by atoms with Crippen molar-refractivity contribution < 1.29 is 28.0 Å². The Kier molecular flexibility index (Phi) is 5.96. The summed E-state index contributed by atoms with van der Waals surface area (Å²) in [5.41, 5.74) is 2.36. The predicted octanol–water partition coefficient (Wildman–Crippen LogP) is 2.19. The van der Waals surface area contributed by atoms with Gasteiger partial charge in [-0.15, -0.1) is 0 Å². The van der Waals surface area contributed by atoms with Gasteiger partial charge in [-0.1, -0.05) is 24.3 Å². The average Bonchev–Trinajstić information content (AvgIpc) is 3.24. The van der Waals surface area contributed by atoms with E-state index < -0.39 is 35.4 Å². The first-order chi connectivity index (χ1) is 13.4. The van der Waals surface area contributed by atoms with E-state index in [1.54, 1.807) is 0 Å². The van der Waals surface area contributed by atoms with Crippen LogP contribution in [0.5, 0.6) is 0 Å². The van der Waals surface area contributed by atoms with Gasteiger partial charge in [-0.2, -0.15) is 0 Å². The second-order valence-corrected chi connectivity index (χ2v) is 6.44. The first-order valence-electron chi connectivity index (χ1n) is 8.63. The molecule has 2 aromatic rings. The molecule has 2 aromatic carbocycles. The maximum Gasteiger partial charge on any atom is 0.270 e. The van der Waals surface area contributed by atoms with Gasteiger partial charge in [0.05, 0.1) is 6.04 Å². The molecule has 1 fully saturated rings. The minimum absolute atomic E-state index is 0.116. The number of nitrogens with one attached hydrogen (secondary N) is 3. The van der Waals surface area contributed by atoms with E-state index in [-0.39, 0.29) is 11.5 Å². The molecule has 2 amide bonds. The average molecular weight is 393 g/mol. The molecule has 1 heterocycles. The van der Waals surface area contributed by atoms with Crippen molar-refractivity contribution in [2.24, 2.45) is 0 Å². The lowest BCUT2D eigenvalue weighted by atomic mass is 9.99. The van der Waals surface area contributed by atoms with Crippen molar-refractivity contribution in [3.05, 3.63) is 59.4 Å². The Bertz CT molecular complexity index is 861. The van der Waals surface area contributed by atoms with Crippen molar-refractivity contribution in [3.8, 4) is 11.1 Å². The number of carbonyl (C=O) groups is 2. The van der Waals surface area contributed by atoms with Crippen LogP contribution in [-0.2, 0) is 9.59 Å². The number of hydrogen-bond donors (Lipinski definition) is 4. The minimum atomic E-state index is -1.55. The molecule has 0 radical (unpaired) electrons. The van der Waals surface area contributed by atoms with Gasteiger partial charge in [-0.25, -0.2) is 18.7 Å². The second-order valence-electron chi connectivity index (χ2n) is 6.44. The molecule has 0 saturated carbocycles. The smallest absolute Gasteiger partial charge is 0.270 e. The number of rotatable bonds is 5. The Morgan fingerprint density at radius 3 is 2.25 bits per heavy atom. The zero-order chi connectivity index (χ0) is 20.3. The quantitative estimate of drug-likeness (QED) is 0.356. The van der Waals surface area contributed by atoms with Gasteiger partial charge in [-0.3, -0.25) is 14.8 Å². The standard InChI is InChI=1S/C19H18F3N3O3/c20-13-8-12(9-14(21)16(13)22)10-3-5-11(6-4-10)17(19(27)25-28)24-18(26)15-2-1-7-23-15/h3-6,8-9,15,17,23,28H,1-2,7H2,(H,24,26)(H,25,27). The first-order valence-corrected chi connectivity index (χ1v) is 8.63. The third-order valence-electron chi connectivity index (χ3n) is 4.60. The van der Waals surface area contributed by atoms with Crippen molar-refractivity contribution in [1.29, 1.82) is 0 Å². The fraction of sp³-hybridized carbons (Fsp3) is 0.263. The highest BCUT2D eigenvalue weighted by molar-refractivity contribution is 5.90. The fourth-order valence-corrected chi connectivity index (χ4v) is 3.11. The zero-order valence-corrected chi connectivity index (χ0v) is 14.6. The number of hydroxylamine groups is 1. The van der Waals surface area contributed by atoms with E-state index in [0.29, 0.717) is 24.1 Å². The van der Waals surface area contributed by atoms with E-state index in [9.17, 15) is 22.8 Å². The van der Waals surface area contributed by atoms with Gasteiger partial charge in [0.2, 0.25) is 5.91 Å². The molecule has 0 spiro atoms. The van der Waals surface area contributed by atoms with E-state index >= 15 is 0 Å². The van der Waals surface area contributed by atoms with Crippen LogP contribution in [0.1, 0.15) is 24.4 Å². The van der Waals surface area contributed by atoms with Crippen LogP contribution in [0.3, 0.4) is 0 Å². The summed E-state index contributed by atoms with van der Waals surface area (Å²) in [6, 6.07) is 6.03. The Hall–Kier alpha value is -2.91. The molecule has 0 aromatic heterocycles. The molecular formula is C19H18F3N3O3. The summed E-state index contributed by atoms with van der Waals surface area (Å²) < 4.78 is 40.0. The van der Waals surface area contributed by atoms with Gasteiger partial charge < -0.3 is 10.6 Å². The van der Waals surface area contributed by atoms with Crippen molar-refractivity contribution in [3.63, 3.8) is 0 Å². The van der Waals surface area contributed by atoms with Crippen molar-refractivity contribution in [2.75, 3.05) is 6.54 Å². The van der Waals surface area contributed by atoms with E-state index in [0.717, 1.165) is 18.6 Å². The molecule has 6 nitrogen and oxygen atoms in total. The normalized spacial score (nSPS) is 17.2. The summed E-state index contributed by atoms with van der Waals surface area (Å²) in [5, 5.41) is 14.6. The van der Waals surface area contributed by atoms with E-state index in [1.807, 2.05) is 0 Å². The van der Waals surface area contributed by atoms with Crippen LogP contribution in [0.15, 0.2) is 36.4 Å². The summed E-state index contributed by atoms with van der Waals surface area (Å²) in [4.78, 5) is 24.3. The lowest BCUT2D eigenvalue weighted by Crippen LogP contribution is -2.46. The van der Waals surface area contributed by atoms with E-state index in [4.69, 9.17) is 5.21 Å². The van der Waals surface area contributed by atoms with Gasteiger partial charge in [0.15, 0.2) is 17.5 Å². The van der Waals surface area contributed by atoms with E-state index in [1.165, 1.54) is 29.7 Å². The second kappa shape index (κ2) is 8.41. The molecule has 0 bridgehead atoms. The molecule has 0 aliphatic carbocycles. The Morgan fingerprint density at radius 1 is 1.07 bits per heavy atom. The highest BCUT2D eigenvalue weighted by Gasteiger charge is 2.28. The number of benzene rings is 2. The molecule has 148 valence electrons. The van der Waals surface area contributed by atoms with Gasteiger partial charge in [-0.05, 0) is 48.2 Å².